The summed E-state index contributed by atoms with van der Waals surface area (Å²) in [6, 6.07) is 17.7. The molecule has 4 N–H and O–H groups in total. The Kier molecular flexibility index (Phi) is 5.25. The maximum Gasteiger partial charge on any atom is 0.269 e. The van der Waals surface area contributed by atoms with Crippen LogP contribution in [0.25, 0.3) is 0 Å². The summed E-state index contributed by atoms with van der Waals surface area (Å²) in [5.74, 6) is -0.411. The van der Waals surface area contributed by atoms with E-state index < -0.39 is 10.8 Å². The first kappa shape index (κ1) is 23.1. The number of nitro benzene ring substituents is 1. The highest BCUT2D eigenvalue weighted by Crippen LogP contribution is 2.55. The molecule has 0 fully saturated rings. The third-order valence-corrected chi connectivity index (χ3v) is 6.78. The van der Waals surface area contributed by atoms with Gasteiger partial charge < -0.3 is 11.5 Å². The van der Waals surface area contributed by atoms with Crippen LogP contribution in [0, 0.1) is 26.9 Å². The molecule has 36 heavy (non-hydrogen) atoms. The van der Waals surface area contributed by atoms with E-state index in [4.69, 9.17) is 11.5 Å². The Labute approximate surface area is 207 Å². The van der Waals surface area contributed by atoms with Crippen molar-refractivity contribution in [2.75, 3.05) is 16.4 Å². The molecule has 1 atom stereocenters. The number of nitro groups is 1. The molecule has 0 radical (unpaired) electrons. The summed E-state index contributed by atoms with van der Waals surface area (Å²) in [5, 5.41) is 21.4. The predicted octanol–water partition coefficient (Wildman–Crippen LogP) is 4.95. The average molecular weight is 481 g/mol. The molecule has 180 valence electrons. The number of aromatic nitrogens is 1. The van der Waals surface area contributed by atoms with Crippen molar-refractivity contribution in [1.29, 1.82) is 5.26 Å². The van der Waals surface area contributed by atoms with E-state index in [9.17, 15) is 20.2 Å². The molecule has 0 spiro atoms. The molecule has 1 aliphatic carbocycles. The number of fused-ring (bicyclic) bond motifs is 1. The maximum atomic E-state index is 13.8. The Hall–Kier alpha value is -4.71. The number of ketones is 1. The monoisotopic (exact) mass is 480 g/mol. The van der Waals surface area contributed by atoms with Gasteiger partial charge in [0.1, 0.15) is 23.3 Å². The molecular weight excluding hydrogens is 456 g/mol. The van der Waals surface area contributed by atoms with Crippen LogP contribution >= 0.6 is 0 Å². The lowest BCUT2D eigenvalue weighted by molar-refractivity contribution is -0.384. The van der Waals surface area contributed by atoms with Crippen LogP contribution in [0.3, 0.4) is 0 Å². The Bertz CT molecular complexity index is 1500. The van der Waals surface area contributed by atoms with Gasteiger partial charge in [0, 0.05) is 47.0 Å². The standard InChI is InChI=1S/C27H24N6O3/c1-27(2)12-19-22(20(34)13-27)21(15-7-6-10-17(11-15)33(35)36)23-24(29)18(14-28)25(30)31-26(23)32(19)16-8-4-3-5-9-16/h3-11,21H,12-13H2,1-2H3,(H4,29,30,31). The van der Waals surface area contributed by atoms with Gasteiger partial charge >= 0.3 is 0 Å². The normalized spacial score (nSPS) is 18.3. The fourth-order valence-electron chi connectivity index (χ4n) is 5.30. The van der Waals surface area contributed by atoms with E-state index in [1.807, 2.05) is 55.1 Å². The Balaban J connectivity index is 1.91. The number of anilines is 4. The third kappa shape index (κ3) is 3.55. The highest BCUT2D eigenvalue weighted by atomic mass is 16.6. The number of nitrogens with zero attached hydrogens (tertiary/aromatic N) is 4. The van der Waals surface area contributed by atoms with Gasteiger partial charge in [-0.2, -0.15) is 5.26 Å². The zero-order chi connectivity index (χ0) is 25.8. The lowest BCUT2D eigenvalue weighted by Crippen LogP contribution is -2.38. The molecule has 5 rings (SSSR count). The lowest BCUT2D eigenvalue weighted by atomic mass is 9.68. The second-order valence-corrected chi connectivity index (χ2v) is 9.89. The summed E-state index contributed by atoms with van der Waals surface area (Å²) < 4.78 is 0. The number of pyridine rings is 1. The molecule has 3 aromatic rings. The van der Waals surface area contributed by atoms with Crippen molar-refractivity contribution in [2.45, 2.75) is 32.6 Å². The van der Waals surface area contributed by atoms with Crippen LogP contribution in [0.1, 0.15) is 49.3 Å². The van der Waals surface area contributed by atoms with Crippen molar-refractivity contribution in [3.05, 3.63) is 92.7 Å². The van der Waals surface area contributed by atoms with Crippen molar-refractivity contribution >= 4 is 34.5 Å². The van der Waals surface area contributed by atoms with Gasteiger partial charge in [-0.3, -0.25) is 19.8 Å². The minimum atomic E-state index is -0.737. The van der Waals surface area contributed by atoms with Crippen LogP contribution in [0.2, 0.25) is 0 Å². The first-order valence-corrected chi connectivity index (χ1v) is 11.5. The number of non-ortho nitro benzene ring substituents is 1. The van der Waals surface area contributed by atoms with Crippen LogP contribution in [0.4, 0.5) is 28.7 Å². The Morgan fingerprint density at radius 3 is 2.53 bits per heavy atom. The summed E-state index contributed by atoms with van der Waals surface area (Å²) >= 11 is 0. The Morgan fingerprint density at radius 1 is 1.14 bits per heavy atom. The summed E-state index contributed by atoms with van der Waals surface area (Å²) in [7, 11) is 0. The summed E-state index contributed by atoms with van der Waals surface area (Å²) in [6.07, 6.45) is 0.873. The van der Waals surface area contributed by atoms with Gasteiger partial charge in [0.25, 0.3) is 5.69 Å². The molecule has 0 amide bonds. The molecule has 9 heteroatoms. The second-order valence-electron chi connectivity index (χ2n) is 9.89. The van der Waals surface area contributed by atoms with E-state index in [1.54, 1.807) is 12.1 Å². The van der Waals surface area contributed by atoms with Crippen molar-refractivity contribution < 1.29 is 9.72 Å². The largest absolute Gasteiger partial charge is 0.397 e. The van der Waals surface area contributed by atoms with Crippen molar-refractivity contribution in [1.82, 2.24) is 4.98 Å². The van der Waals surface area contributed by atoms with Crippen molar-refractivity contribution in [3.8, 4) is 6.07 Å². The van der Waals surface area contributed by atoms with Gasteiger partial charge in [0.2, 0.25) is 0 Å². The van der Waals surface area contributed by atoms with Gasteiger partial charge in [-0.05, 0) is 29.5 Å². The molecule has 0 saturated carbocycles. The van der Waals surface area contributed by atoms with E-state index in [2.05, 4.69) is 4.98 Å². The summed E-state index contributed by atoms with van der Waals surface area (Å²) in [6.45, 7) is 4.06. The first-order valence-electron chi connectivity index (χ1n) is 11.5. The predicted molar refractivity (Wildman–Crippen MR) is 136 cm³/mol. The first-order chi connectivity index (χ1) is 17.1. The maximum absolute atomic E-state index is 13.8. The van der Waals surface area contributed by atoms with Gasteiger partial charge in [-0.15, -0.1) is 0 Å². The lowest BCUT2D eigenvalue weighted by Gasteiger charge is -2.44. The molecule has 9 nitrogen and oxygen atoms in total. The van der Waals surface area contributed by atoms with Gasteiger partial charge in [-0.1, -0.05) is 44.2 Å². The molecule has 2 aliphatic rings. The number of hydrogen-bond donors (Lipinski definition) is 2. The minimum absolute atomic E-state index is 0.0158. The van der Waals surface area contributed by atoms with Gasteiger partial charge in [0.05, 0.1) is 10.6 Å². The van der Waals surface area contributed by atoms with Gasteiger partial charge in [-0.25, -0.2) is 4.98 Å². The van der Waals surface area contributed by atoms with Crippen molar-refractivity contribution in [3.63, 3.8) is 0 Å². The van der Waals surface area contributed by atoms with E-state index in [1.165, 1.54) is 12.1 Å². The van der Waals surface area contributed by atoms with Gasteiger partial charge in [0.15, 0.2) is 5.78 Å². The molecule has 1 aromatic heterocycles. The molecular formula is C27H24N6O3. The highest BCUT2D eigenvalue weighted by molar-refractivity contribution is 6.03. The second kappa shape index (κ2) is 8.20. The number of nitrogen functional groups attached to an aromatic ring is 2. The van der Waals surface area contributed by atoms with E-state index >= 15 is 0 Å². The zero-order valence-corrected chi connectivity index (χ0v) is 19.9. The minimum Gasteiger partial charge on any atom is -0.397 e. The van der Waals surface area contributed by atoms with Crippen molar-refractivity contribution in [2.24, 2.45) is 5.41 Å². The van der Waals surface area contributed by atoms with E-state index in [-0.39, 0.29) is 34.0 Å². The quantitative estimate of drug-likeness (QED) is 0.394. The third-order valence-electron chi connectivity index (χ3n) is 6.78. The number of benzene rings is 2. The fraction of sp³-hybridized carbons (Fsp3) is 0.222. The number of carbonyl (C=O) groups is 1. The number of para-hydroxylation sites is 1. The molecule has 1 unspecified atom stereocenters. The van der Waals surface area contributed by atoms with E-state index in [0.29, 0.717) is 35.4 Å². The number of nitrogens with two attached hydrogens (primary N) is 2. The van der Waals surface area contributed by atoms with Crippen LogP contribution < -0.4 is 16.4 Å². The fourth-order valence-corrected chi connectivity index (χ4v) is 5.30. The number of Topliss-reactive ketones (excluding diaryl/α,β-unsaturated/α-hetero) is 1. The number of rotatable bonds is 3. The molecule has 2 aromatic carbocycles. The summed E-state index contributed by atoms with van der Waals surface area (Å²) in [5.41, 5.74) is 15.4. The molecule has 1 aliphatic heterocycles. The van der Waals surface area contributed by atoms with Crippen LogP contribution in [-0.4, -0.2) is 15.7 Å². The zero-order valence-electron chi connectivity index (χ0n) is 19.9. The smallest absolute Gasteiger partial charge is 0.269 e. The topological polar surface area (TPSA) is 152 Å². The molecule has 0 saturated heterocycles. The highest BCUT2D eigenvalue weighted by Gasteiger charge is 2.46. The van der Waals surface area contributed by atoms with E-state index in [0.717, 1.165) is 11.4 Å². The Morgan fingerprint density at radius 2 is 1.86 bits per heavy atom. The number of allylic oxidation sites excluding steroid dienone is 2. The van der Waals surface area contributed by atoms with Crippen LogP contribution in [-0.2, 0) is 4.79 Å². The average Bonchev–Trinajstić information content (AvgIpc) is 2.83. The van der Waals surface area contributed by atoms with Crippen LogP contribution in [0.5, 0.6) is 0 Å². The molecule has 0 bridgehead atoms. The molecule has 2 heterocycles. The number of nitriles is 1. The number of hydrogen-bond acceptors (Lipinski definition) is 8. The number of carbonyl (C=O) groups excluding carboxylic acids is 1. The SMILES string of the molecule is CC1(C)CC(=O)C2=C(C1)N(c1ccccc1)c1nc(N)c(C#N)c(N)c1C2c1cccc([N+](=O)[O-])c1. The van der Waals surface area contributed by atoms with Crippen LogP contribution in [0.15, 0.2) is 65.9 Å². The summed E-state index contributed by atoms with van der Waals surface area (Å²) in [4.78, 5) is 31.4.